The Morgan fingerprint density at radius 1 is 1.50 bits per heavy atom. The molecule has 2 heterocycles. The van der Waals surface area contributed by atoms with Crippen LogP contribution in [0.25, 0.3) is 5.65 Å². The van der Waals surface area contributed by atoms with Crippen LogP contribution in [0.3, 0.4) is 0 Å². The molecular weight excluding hydrogens is 244 g/mol. The number of aromatic nitrogens is 3. The topological polar surface area (TPSA) is 42.2 Å². The molecule has 2 aromatic rings. The highest BCUT2D eigenvalue weighted by atomic mass is 32.2. The van der Waals surface area contributed by atoms with Gasteiger partial charge in [0.2, 0.25) is 5.95 Å². The summed E-state index contributed by atoms with van der Waals surface area (Å²) in [7, 11) is 0. The maximum Gasteiger partial charge on any atom is 0.243 e. The first-order chi connectivity index (χ1) is 8.69. The molecule has 0 radical (unpaired) electrons. The number of anilines is 1. The van der Waals surface area contributed by atoms with Crippen LogP contribution in [-0.2, 0) is 0 Å². The second-order valence-electron chi connectivity index (χ2n) is 4.47. The van der Waals surface area contributed by atoms with E-state index in [2.05, 4.69) is 36.2 Å². The van der Waals surface area contributed by atoms with E-state index in [1.54, 1.807) is 0 Å². The predicted molar refractivity (Wildman–Crippen MR) is 78.4 cm³/mol. The highest BCUT2D eigenvalue weighted by Gasteiger charge is 2.07. The van der Waals surface area contributed by atoms with Crippen LogP contribution >= 0.6 is 11.8 Å². The molecule has 0 aliphatic carbocycles. The molecule has 0 saturated carbocycles. The maximum absolute atomic E-state index is 4.48. The second-order valence-corrected chi connectivity index (χ2v) is 5.87. The maximum atomic E-state index is 4.48. The fourth-order valence-corrected chi connectivity index (χ4v) is 2.55. The van der Waals surface area contributed by atoms with Gasteiger partial charge in [0.05, 0.1) is 0 Å². The minimum Gasteiger partial charge on any atom is -0.350 e. The molecular formula is C13H20N4S. The lowest BCUT2D eigenvalue weighted by molar-refractivity contribution is 0.758. The molecule has 98 valence electrons. The highest BCUT2D eigenvalue weighted by Crippen LogP contribution is 2.11. The van der Waals surface area contributed by atoms with Gasteiger partial charge < -0.3 is 5.32 Å². The monoisotopic (exact) mass is 264 g/mol. The largest absolute Gasteiger partial charge is 0.350 e. The SMILES string of the molecule is CCSCCC(C)Nc1nc2cc(C)ccn2n1. The van der Waals surface area contributed by atoms with E-state index < -0.39 is 0 Å². The number of aryl methyl sites for hydroxylation is 1. The molecule has 0 aliphatic heterocycles. The van der Waals surface area contributed by atoms with Gasteiger partial charge in [0.1, 0.15) is 0 Å². The molecule has 0 amide bonds. The van der Waals surface area contributed by atoms with Gasteiger partial charge in [-0.25, -0.2) is 4.52 Å². The first-order valence-corrected chi connectivity index (χ1v) is 7.52. The molecule has 0 aliphatic rings. The highest BCUT2D eigenvalue weighted by molar-refractivity contribution is 7.99. The van der Waals surface area contributed by atoms with Gasteiger partial charge in [-0.1, -0.05) is 6.92 Å². The molecule has 1 atom stereocenters. The van der Waals surface area contributed by atoms with Gasteiger partial charge >= 0.3 is 0 Å². The Balaban J connectivity index is 1.98. The first-order valence-electron chi connectivity index (χ1n) is 6.36. The van der Waals surface area contributed by atoms with E-state index in [1.165, 1.54) is 17.1 Å². The van der Waals surface area contributed by atoms with Crippen LogP contribution in [0.2, 0.25) is 0 Å². The molecule has 1 unspecified atom stereocenters. The zero-order valence-corrected chi connectivity index (χ0v) is 12.0. The summed E-state index contributed by atoms with van der Waals surface area (Å²) in [6.45, 7) is 6.42. The van der Waals surface area contributed by atoms with E-state index in [1.807, 2.05) is 34.6 Å². The number of hydrogen-bond donors (Lipinski definition) is 1. The van der Waals surface area contributed by atoms with E-state index in [0.29, 0.717) is 6.04 Å². The molecule has 0 saturated heterocycles. The summed E-state index contributed by atoms with van der Waals surface area (Å²) in [6.07, 6.45) is 3.08. The van der Waals surface area contributed by atoms with Crippen molar-refractivity contribution < 1.29 is 0 Å². The van der Waals surface area contributed by atoms with E-state index in [4.69, 9.17) is 0 Å². The quantitative estimate of drug-likeness (QED) is 0.815. The molecule has 0 fully saturated rings. The van der Waals surface area contributed by atoms with Crippen molar-refractivity contribution in [1.29, 1.82) is 0 Å². The van der Waals surface area contributed by atoms with Gasteiger partial charge in [-0.15, -0.1) is 5.10 Å². The Labute approximate surface area is 112 Å². The molecule has 1 N–H and O–H groups in total. The van der Waals surface area contributed by atoms with Crippen LogP contribution in [-0.4, -0.2) is 32.1 Å². The number of thioether (sulfide) groups is 1. The van der Waals surface area contributed by atoms with E-state index >= 15 is 0 Å². The smallest absolute Gasteiger partial charge is 0.243 e. The zero-order valence-electron chi connectivity index (χ0n) is 11.2. The molecule has 5 heteroatoms. The third-order valence-corrected chi connectivity index (χ3v) is 3.70. The Morgan fingerprint density at radius 2 is 2.33 bits per heavy atom. The summed E-state index contributed by atoms with van der Waals surface area (Å²) in [6, 6.07) is 4.48. The number of pyridine rings is 1. The summed E-state index contributed by atoms with van der Waals surface area (Å²) in [5.74, 6) is 3.07. The first kappa shape index (κ1) is 13.2. The Bertz CT molecular complexity index is 509. The molecule has 4 nitrogen and oxygen atoms in total. The summed E-state index contributed by atoms with van der Waals surface area (Å²) >= 11 is 1.97. The van der Waals surface area contributed by atoms with Crippen LogP contribution in [0, 0.1) is 6.92 Å². The Kier molecular flexibility index (Phi) is 4.47. The number of rotatable bonds is 6. The molecule has 0 spiro atoms. The predicted octanol–water partition coefficient (Wildman–Crippen LogP) is 2.98. The zero-order chi connectivity index (χ0) is 13.0. The molecule has 0 bridgehead atoms. The van der Waals surface area contributed by atoms with Gasteiger partial charge in [-0.05, 0) is 49.5 Å². The average Bonchev–Trinajstić information content (AvgIpc) is 2.70. The van der Waals surface area contributed by atoms with Crippen molar-refractivity contribution in [2.75, 3.05) is 16.8 Å². The Hall–Kier alpha value is -1.23. The second kappa shape index (κ2) is 6.09. The van der Waals surface area contributed by atoms with Crippen molar-refractivity contribution in [1.82, 2.24) is 14.6 Å². The van der Waals surface area contributed by atoms with Crippen LogP contribution in [0.5, 0.6) is 0 Å². The van der Waals surface area contributed by atoms with Gasteiger partial charge in [-0.3, -0.25) is 0 Å². The molecule has 0 aromatic carbocycles. The average molecular weight is 264 g/mol. The summed E-state index contributed by atoms with van der Waals surface area (Å²) in [5.41, 5.74) is 2.10. The normalized spacial score (nSPS) is 12.8. The van der Waals surface area contributed by atoms with Gasteiger partial charge in [-0.2, -0.15) is 16.7 Å². The number of nitrogens with zero attached hydrogens (tertiary/aromatic N) is 3. The lowest BCUT2D eigenvalue weighted by atomic mass is 10.3. The van der Waals surface area contributed by atoms with E-state index in [0.717, 1.165) is 18.0 Å². The lowest BCUT2D eigenvalue weighted by Crippen LogP contribution is -2.17. The van der Waals surface area contributed by atoms with Crippen molar-refractivity contribution in [3.05, 3.63) is 23.9 Å². The van der Waals surface area contributed by atoms with Gasteiger partial charge in [0.25, 0.3) is 0 Å². The molecule has 2 aromatic heterocycles. The number of fused-ring (bicyclic) bond motifs is 1. The van der Waals surface area contributed by atoms with Crippen LogP contribution in [0.1, 0.15) is 25.8 Å². The van der Waals surface area contributed by atoms with Crippen molar-refractivity contribution in [3.63, 3.8) is 0 Å². The lowest BCUT2D eigenvalue weighted by Gasteiger charge is -2.10. The van der Waals surface area contributed by atoms with Crippen molar-refractivity contribution in [2.45, 2.75) is 33.2 Å². The van der Waals surface area contributed by atoms with E-state index in [-0.39, 0.29) is 0 Å². The number of hydrogen-bond acceptors (Lipinski definition) is 4. The minimum atomic E-state index is 0.405. The summed E-state index contributed by atoms with van der Waals surface area (Å²) in [4.78, 5) is 4.48. The van der Waals surface area contributed by atoms with Crippen molar-refractivity contribution in [2.24, 2.45) is 0 Å². The third-order valence-electron chi connectivity index (χ3n) is 2.77. The van der Waals surface area contributed by atoms with Gasteiger partial charge in [0, 0.05) is 12.2 Å². The molecule has 2 rings (SSSR count). The fourth-order valence-electron chi connectivity index (χ4n) is 1.74. The van der Waals surface area contributed by atoms with Crippen molar-refractivity contribution in [3.8, 4) is 0 Å². The van der Waals surface area contributed by atoms with E-state index in [9.17, 15) is 0 Å². The minimum absolute atomic E-state index is 0.405. The van der Waals surface area contributed by atoms with Crippen molar-refractivity contribution >= 4 is 23.4 Å². The summed E-state index contributed by atoms with van der Waals surface area (Å²) < 4.78 is 1.81. The summed E-state index contributed by atoms with van der Waals surface area (Å²) in [5, 5.41) is 7.76. The van der Waals surface area contributed by atoms with Crippen LogP contribution in [0.15, 0.2) is 18.3 Å². The van der Waals surface area contributed by atoms with Gasteiger partial charge in [0.15, 0.2) is 5.65 Å². The number of nitrogens with one attached hydrogen (secondary N) is 1. The van der Waals surface area contributed by atoms with Crippen LogP contribution < -0.4 is 5.32 Å². The fraction of sp³-hybridized carbons (Fsp3) is 0.538. The Morgan fingerprint density at radius 3 is 3.11 bits per heavy atom. The van der Waals surface area contributed by atoms with Crippen LogP contribution in [0.4, 0.5) is 5.95 Å². The standard InChI is InChI=1S/C13H20N4S/c1-4-18-8-6-11(3)14-13-15-12-9-10(2)5-7-17(12)16-13/h5,7,9,11H,4,6,8H2,1-3H3,(H,14,16). The third kappa shape index (κ3) is 3.38. The molecule has 18 heavy (non-hydrogen) atoms.